The summed E-state index contributed by atoms with van der Waals surface area (Å²) in [6.07, 6.45) is 4.49. The highest BCUT2D eigenvalue weighted by atomic mass is 32.1. The van der Waals surface area contributed by atoms with Gasteiger partial charge in [-0.15, -0.1) is 0 Å². The average Bonchev–Trinajstić information content (AvgIpc) is 3.06. The minimum Gasteiger partial charge on any atom is -0.465 e. The molecule has 0 aliphatic heterocycles. The molecule has 2 N–H and O–H groups in total. The molecule has 1 aromatic heterocycles. The number of hydrogen-bond donors (Lipinski definition) is 2. The Morgan fingerprint density at radius 1 is 1.04 bits per heavy atom. The Labute approximate surface area is 138 Å². The Kier molecular flexibility index (Phi) is 4.49. The highest BCUT2D eigenvalue weighted by molar-refractivity contribution is 7.80. The molecule has 0 fully saturated rings. The van der Waals surface area contributed by atoms with Gasteiger partial charge in [-0.3, -0.25) is 10.1 Å². The third-order valence-corrected chi connectivity index (χ3v) is 3.39. The number of furan rings is 1. The summed E-state index contributed by atoms with van der Waals surface area (Å²) in [6.45, 7) is 0. The van der Waals surface area contributed by atoms with E-state index in [-0.39, 0.29) is 11.0 Å². The zero-order chi connectivity index (χ0) is 16.1. The van der Waals surface area contributed by atoms with Crippen LogP contribution in [0, 0.1) is 0 Å². The molecule has 2 aromatic carbocycles. The first-order chi connectivity index (χ1) is 11.2. The summed E-state index contributed by atoms with van der Waals surface area (Å²) in [5, 5.41) is 8.09. The number of nitrogens with one attached hydrogen (secondary N) is 2. The number of rotatable bonds is 3. The highest BCUT2D eigenvalue weighted by Crippen LogP contribution is 2.18. The lowest BCUT2D eigenvalue weighted by molar-refractivity contribution is -0.115. The normalized spacial score (nSPS) is 10.8. The Bertz CT molecular complexity index is 870. The summed E-state index contributed by atoms with van der Waals surface area (Å²) in [5.74, 6) is 0.285. The average molecular weight is 322 g/mol. The van der Waals surface area contributed by atoms with Crippen LogP contribution in [0.3, 0.4) is 0 Å². The Morgan fingerprint density at radius 2 is 1.87 bits per heavy atom. The number of hydrogen-bond acceptors (Lipinski definition) is 3. The summed E-state index contributed by atoms with van der Waals surface area (Å²) in [6, 6.07) is 17.4. The fourth-order valence-electron chi connectivity index (χ4n) is 2.13. The van der Waals surface area contributed by atoms with Crippen molar-refractivity contribution in [3.8, 4) is 0 Å². The largest absolute Gasteiger partial charge is 0.465 e. The van der Waals surface area contributed by atoms with Crippen LogP contribution in [-0.2, 0) is 4.79 Å². The summed E-state index contributed by atoms with van der Waals surface area (Å²) in [7, 11) is 0. The maximum Gasteiger partial charge on any atom is 0.250 e. The van der Waals surface area contributed by atoms with Crippen LogP contribution >= 0.6 is 12.2 Å². The monoisotopic (exact) mass is 322 g/mol. The van der Waals surface area contributed by atoms with Gasteiger partial charge in [-0.25, -0.2) is 0 Å². The van der Waals surface area contributed by atoms with Crippen molar-refractivity contribution in [3.05, 3.63) is 72.7 Å². The molecule has 0 radical (unpaired) electrons. The van der Waals surface area contributed by atoms with Gasteiger partial charge in [0.15, 0.2) is 5.11 Å². The number of benzene rings is 2. The lowest BCUT2D eigenvalue weighted by Crippen LogP contribution is -2.32. The van der Waals surface area contributed by atoms with E-state index in [1.165, 1.54) is 6.08 Å². The number of carbonyl (C=O) groups is 1. The minimum atomic E-state index is -0.320. The second-order valence-electron chi connectivity index (χ2n) is 4.85. The van der Waals surface area contributed by atoms with E-state index in [1.807, 2.05) is 42.5 Å². The van der Waals surface area contributed by atoms with Gasteiger partial charge < -0.3 is 9.73 Å². The third-order valence-electron chi connectivity index (χ3n) is 3.19. The van der Waals surface area contributed by atoms with Crippen molar-refractivity contribution in [3.63, 3.8) is 0 Å². The van der Waals surface area contributed by atoms with Crippen LogP contribution in [0.5, 0.6) is 0 Å². The van der Waals surface area contributed by atoms with E-state index >= 15 is 0 Å². The van der Waals surface area contributed by atoms with Gasteiger partial charge >= 0.3 is 0 Å². The number of amides is 1. The maximum atomic E-state index is 11.8. The van der Waals surface area contributed by atoms with Gasteiger partial charge in [-0.2, -0.15) is 0 Å². The molecule has 0 saturated heterocycles. The van der Waals surface area contributed by atoms with Gasteiger partial charge in [0.1, 0.15) is 5.76 Å². The first-order valence-corrected chi connectivity index (χ1v) is 7.44. The second kappa shape index (κ2) is 6.89. The third kappa shape index (κ3) is 4.05. The lowest BCUT2D eigenvalue weighted by atomic mass is 10.1. The quantitative estimate of drug-likeness (QED) is 0.566. The van der Waals surface area contributed by atoms with Crippen molar-refractivity contribution in [1.29, 1.82) is 0 Å². The number of anilines is 1. The molecule has 1 amide bonds. The molecular formula is C18H14N2O2S. The molecule has 0 atom stereocenters. The van der Waals surface area contributed by atoms with Crippen molar-refractivity contribution >= 4 is 45.8 Å². The van der Waals surface area contributed by atoms with E-state index in [2.05, 4.69) is 10.6 Å². The zero-order valence-corrected chi connectivity index (χ0v) is 13.0. The fraction of sp³-hybridized carbons (Fsp3) is 0. The fourth-order valence-corrected chi connectivity index (χ4v) is 2.35. The number of fused-ring (bicyclic) bond motifs is 1. The van der Waals surface area contributed by atoms with Gasteiger partial charge in [0, 0.05) is 11.8 Å². The van der Waals surface area contributed by atoms with Crippen LogP contribution in [0.2, 0.25) is 0 Å². The first kappa shape index (κ1) is 15.0. The Balaban J connectivity index is 1.60. The molecule has 0 spiro atoms. The van der Waals surface area contributed by atoms with E-state index in [1.54, 1.807) is 24.5 Å². The van der Waals surface area contributed by atoms with Crippen LogP contribution in [-0.4, -0.2) is 11.0 Å². The second-order valence-corrected chi connectivity index (χ2v) is 5.26. The Morgan fingerprint density at radius 3 is 2.65 bits per heavy atom. The van der Waals surface area contributed by atoms with E-state index in [0.29, 0.717) is 5.76 Å². The van der Waals surface area contributed by atoms with Crippen LogP contribution in [0.15, 0.2) is 71.4 Å². The van der Waals surface area contributed by atoms with Crippen molar-refractivity contribution < 1.29 is 9.21 Å². The van der Waals surface area contributed by atoms with Crippen molar-refractivity contribution in [2.45, 2.75) is 0 Å². The number of carbonyl (C=O) groups excluding carboxylic acids is 1. The van der Waals surface area contributed by atoms with Crippen molar-refractivity contribution in [2.24, 2.45) is 0 Å². The molecule has 114 valence electrons. The molecule has 0 aliphatic rings. The smallest absolute Gasteiger partial charge is 0.250 e. The Hall–Kier alpha value is -2.92. The van der Waals surface area contributed by atoms with Gasteiger partial charge in [0.25, 0.3) is 0 Å². The predicted molar refractivity (Wildman–Crippen MR) is 96.1 cm³/mol. The standard InChI is InChI=1S/C18H14N2O2S/c21-17(10-9-16-6-3-11-22-16)20-18(23)19-15-8-7-13-4-1-2-5-14(13)12-15/h1-12H,(H2,19,20,21,23). The molecule has 3 aromatic rings. The zero-order valence-electron chi connectivity index (χ0n) is 12.2. The molecular weight excluding hydrogens is 308 g/mol. The molecule has 4 nitrogen and oxygen atoms in total. The summed E-state index contributed by atoms with van der Waals surface area (Å²) in [5.41, 5.74) is 0.823. The van der Waals surface area contributed by atoms with Crippen LogP contribution in [0.4, 0.5) is 5.69 Å². The molecule has 0 bridgehead atoms. The van der Waals surface area contributed by atoms with Gasteiger partial charge in [-0.05, 0) is 53.3 Å². The topological polar surface area (TPSA) is 54.3 Å². The molecule has 1 heterocycles. The number of thiocarbonyl (C=S) groups is 1. The summed E-state index contributed by atoms with van der Waals surface area (Å²) >= 11 is 5.15. The molecule has 3 rings (SSSR count). The van der Waals surface area contributed by atoms with Crippen LogP contribution < -0.4 is 10.6 Å². The van der Waals surface area contributed by atoms with E-state index < -0.39 is 0 Å². The van der Waals surface area contributed by atoms with E-state index in [4.69, 9.17) is 16.6 Å². The molecule has 0 unspecified atom stereocenters. The lowest BCUT2D eigenvalue weighted by Gasteiger charge is -2.09. The van der Waals surface area contributed by atoms with Crippen LogP contribution in [0.25, 0.3) is 16.8 Å². The van der Waals surface area contributed by atoms with Gasteiger partial charge in [-0.1, -0.05) is 30.3 Å². The minimum absolute atomic E-state index is 0.245. The van der Waals surface area contributed by atoms with E-state index in [9.17, 15) is 4.79 Å². The SMILES string of the molecule is O=C(C=Cc1ccco1)NC(=S)Nc1ccc2ccccc2c1. The predicted octanol–water partition coefficient (Wildman–Crippen LogP) is 3.96. The summed E-state index contributed by atoms with van der Waals surface area (Å²) in [4.78, 5) is 11.8. The van der Waals surface area contributed by atoms with Crippen molar-refractivity contribution in [2.75, 3.05) is 5.32 Å². The van der Waals surface area contributed by atoms with Crippen molar-refractivity contribution in [1.82, 2.24) is 5.32 Å². The molecule has 0 aliphatic carbocycles. The van der Waals surface area contributed by atoms with Gasteiger partial charge in [0.05, 0.1) is 6.26 Å². The molecule has 23 heavy (non-hydrogen) atoms. The van der Waals surface area contributed by atoms with Crippen LogP contribution in [0.1, 0.15) is 5.76 Å². The van der Waals surface area contributed by atoms with E-state index in [0.717, 1.165) is 16.5 Å². The maximum absolute atomic E-state index is 11.8. The highest BCUT2D eigenvalue weighted by Gasteiger charge is 2.03. The van der Waals surface area contributed by atoms with Gasteiger partial charge in [0.2, 0.25) is 5.91 Å². The molecule has 0 saturated carbocycles. The first-order valence-electron chi connectivity index (χ1n) is 7.03. The molecule has 5 heteroatoms. The summed E-state index contributed by atoms with van der Waals surface area (Å²) < 4.78 is 5.11.